The van der Waals surface area contributed by atoms with Gasteiger partial charge in [0, 0.05) is 49.8 Å². The van der Waals surface area contributed by atoms with Gasteiger partial charge in [-0.15, -0.1) is 0 Å². The zero-order valence-electron chi connectivity index (χ0n) is 32.9. The van der Waals surface area contributed by atoms with Gasteiger partial charge in [0.25, 0.3) is 0 Å². The monoisotopic (exact) mass is 750 g/mol. The van der Waals surface area contributed by atoms with Crippen LogP contribution in [0.15, 0.2) is 194 Å². The minimum atomic E-state index is -0.235. The Hall–Kier alpha value is -7.60. The molecule has 276 valence electrons. The number of anilines is 3. The average molecular weight is 751 g/mol. The van der Waals surface area contributed by atoms with Crippen molar-refractivity contribution in [3.63, 3.8) is 0 Å². The quantitative estimate of drug-likeness (QED) is 0.128. The standard InChI is InChI=1S/C57H38N2/c1-57(2)50-36-37(23-30-45(50)47-33-34-48-46-20-12-13-21-51(46)59(56(48)55(47)57)43-18-10-5-11-19-43)22-24-38-25-26-39-28-32-49-52(35-29-40-27-31-44(38)53(39)54(40)49)58(41-14-6-3-7-15-41)42-16-8-4-9-17-42/h3-21,23,25-36H,1-2H3. The van der Waals surface area contributed by atoms with E-state index in [4.69, 9.17) is 0 Å². The van der Waals surface area contributed by atoms with Crippen molar-refractivity contribution in [3.8, 4) is 28.7 Å². The van der Waals surface area contributed by atoms with Crippen LogP contribution in [0.25, 0.3) is 70.9 Å². The van der Waals surface area contributed by atoms with Crippen molar-refractivity contribution in [2.24, 2.45) is 0 Å². The largest absolute Gasteiger partial charge is 0.310 e. The van der Waals surface area contributed by atoms with Crippen LogP contribution >= 0.6 is 0 Å². The molecule has 1 aromatic heterocycles. The first-order chi connectivity index (χ1) is 29.0. The van der Waals surface area contributed by atoms with Crippen LogP contribution in [0, 0.1) is 11.8 Å². The summed E-state index contributed by atoms with van der Waals surface area (Å²) in [5, 5.41) is 9.96. The van der Waals surface area contributed by atoms with E-state index in [2.05, 4.69) is 229 Å². The molecule has 12 rings (SSSR count). The van der Waals surface area contributed by atoms with Crippen LogP contribution in [-0.4, -0.2) is 4.57 Å². The molecule has 0 aliphatic heterocycles. The number of benzene rings is 10. The molecule has 0 N–H and O–H groups in total. The first kappa shape index (κ1) is 33.5. The molecule has 0 saturated carbocycles. The van der Waals surface area contributed by atoms with Gasteiger partial charge in [-0.25, -0.2) is 0 Å². The van der Waals surface area contributed by atoms with Crippen molar-refractivity contribution in [2.75, 3.05) is 4.90 Å². The Kier molecular flexibility index (Phi) is 7.22. The molecule has 0 fully saturated rings. The number of fused-ring (bicyclic) bond motifs is 7. The van der Waals surface area contributed by atoms with Gasteiger partial charge in [0.2, 0.25) is 0 Å². The molecule has 0 unspecified atom stereocenters. The summed E-state index contributed by atoms with van der Waals surface area (Å²) in [7, 11) is 0. The Balaban J connectivity index is 0.986. The van der Waals surface area contributed by atoms with E-state index in [-0.39, 0.29) is 5.41 Å². The molecular weight excluding hydrogens is 713 g/mol. The fourth-order valence-corrected chi connectivity index (χ4v) is 10.1. The zero-order chi connectivity index (χ0) is 39.2. The van der Waals surface area contributed by atoms with Crippen LogP contribution in [0.2, 0.25) is 0 Å². The van der Waals surface area contributed by atoms with Crippen molar-refractivity contribution in [1.82, 2.24) is 4.57 Å². The molecule has 0 atom stereocenters. The molecule has 0 saturated heterocycles. The third-order valence-electron chi connectivity index (χ3n) is 12.7. The van der Waals surface area contributed by atoms with Crippen LogP contribution < -0.4 is 4.90 Å². The Morgan fingerprint density at radius 3 is 1.81 bits per heavy atom. The van der Waals surface area contributed by atoms with E-state index in [0.29, 0.717) is 0 Å². The van der Waals surface area contributed by atoms with Gasteiger partial charge in [0.05, 0.1) is 16.7 Å². The molecule has 2 nitrogen and oxygen atoms in total. The van der Waals surface area contributed by atoms with Crippen molar-refractivity contribution < 1.29 is 0 Å². The van der Waals surface area contributed by atoms with Gasteiger partial charge in [0.15, 0.2) is 0 Å². The summed E-state index contributed by atoms with van der Waals surface area (Å²) in [6.07, 6.45) is 0. The molecule has 59 heavy (non-hydrogen) atoms. The highest BCUT2D eigenvalue weighted by atomic mass is 15.1. The lowest BCUT2D eigenvalue weighted by atomic mass is 9.81. The number of hydrogen-bond donors (Lipinski definition) is 0. The predicted octanol–water partition coefficient (Wildman–Crippen LogP) is 14.9. The molecule has 0 spiro atoms. The van der Waals surface area contributed by atoms with Crippen molar-refractivity contribution in [3.05, 3.63) is 216 Å². The van der Waals surface area contributed by atoms with Crippen molar-refractivity contribution in [1.29, 1.82) is 0 Å². The second-order valence-corrected chi connectivity index (χ2v) is 16.3. The van der Waals surface area contributed by atoms with E-state index in [1.165, 1.54) is 82.1 Å². The van der Waals surface area contributed by atoms with Crippen molar-refractivity contribution in [2.45, 2.75) is 19.3 Å². The third-order valence-corrected chi connectivity index (χ3v) is 12.7. The molecule has 0 radical (unpaired) electrons. The normalized spacial score (nSPS) is 12.9. The zero-order valence-corrected chi connectivity index (χ0v) is 32.9. The molecular formula is C57H38N2. The highest BCUT2D eigenvalue weighted by Gasteiger charge is 2.38. The van der Waals surface area contributed by atoms with Gasteiger partial charge in [-0.2, -0.15) is 0 Å². The summed E-state index contributed by atoms with van der Waals surface area (Å²) in [5.41, 5.74) is 14.2. The van der Waals surface area contributed by atoms with Crippen molar-refractivity contribution >= 4 is 71.2 Å². The molecule has 11 aromatic rings. The summed E-state index contributed by atoms with van der Waals surface area (Å²) in [4.78, 5) is 2.37. The Bertz CT molecular complexity index is 3470. The van der Waals surface area contributed by atoms with Crippen LogP contribution in [0.1, 0.15) is 36.1 Å². The lowest BCUT2D eigenvalue weighted by Crippen LogP contribution is -2.16. The number of rotatable bonds is 4. The van der Waals surface area contributed by atoms with E-state index < -0.39 is 0 Å². The van der Waals surface area contributed by atoms with Crippen LogP contribution in [-0.2, 0) is 5.41 Å². The Labute approximate surface area is 343 Å². The van der Waals surface area contributed by atoms with Crippen LogP contribution in [0.5, 0.6) is 0 Å². The molecule has 1 heterocycles. The van der Waals surface area contributed by atoms with E-state index in [9.17, 15) is 0 Å². The molecule has 2 heteroatoms. The topological polar surface area (TPSA) is 8.17 Å². The number of aromatic nitrogens is 1. The van der Waals surface area contributed by atoms with Gasteiger partial charge in [0.1, 0.15) is 0 Å². The minimum absolute atomic E-state index is 0.235. The van der Waals surface area contributed by atoms with E-state index >= 15 is 0 Å². The summed E-state index contributed by atoms with van der Waals surface area (Å²) < 4.78 is 2.47. The maximum absolute atomic E-state index is 3.66. The number of hydrogen-bond acceptors (Lipinski definition) is 1. The SMILES string of the molecule is CC1(C)c2cc(C#Cc3ccc4ccc5c(N(c6ccccc6)c6ccccc6)ccc6ccc3c4c65)ccc2-c2ccc3c4ccccc4n(-c4ccccc4)c3c21. The second kappa shape index (κ2) is 12.7. The minimum Gasteiger partial charge on any atom is -0.310 e. The van der Waals surface area contributed by atoms with Gasteiger partial charge >= 0.3 is 0 Å². The molecule has 1 aliphatic rings. The van der Waals surface area contributed by atoms with Gasteiger partial charge in [-0.05, 0) is 116 Å². The van der Waals surface area contributed by atoms with Crippen LogP contribution in [0.4, 0.5) is 17.1 Å². The van der Waals surface area contributed by atoms with E-state index in [1.54, 1.807) is 0 Å². The smallest absolute Gasteiger partial charge is 0.0588 e. The highest BCUT2D eigenvalue weighted by molar-refractivity contribution is 6.26. The Morgan fingerprint density at radius 1 is 0.475 bits per heavy atom. The summed E-state index contributed by atoms with van der Waals surface area (Å²) in [5.74, 6) is 7.29. The average Bonchev–Trinajstić information content (AvgIpc) is 3.74. The number of para-hydroxylation sites is 4. The third kappa shape index (κ3) is 4.95. The molecule has 0 bridgehead atoms. The summed E-state index contributed by atoms with van der Waals surface area (Å²) in [6, 6.07) is 70.5. The molecule has 1 aliphatic carbocycles. The maximum Gasteiger partial charge on any atom is 0.0588 e. The van der Waals surface area contributed by atoms with E-state index in [0.717, 1.165) is 28.2 Å². The Morgan fingerprint density at radius 2 is 1.07 bits per heavy atom. The predicted molar refractivity (Wildman–Crippen MR) is 249 cm³/mol. The fourth-order valence-electron chi connectivity index (χ4n) is 10.1. The van der Waals surface area contributed by atoms with Crippen LogP contribution in [0.3, 0.4) is 0 Å². The first-order valence-electron chi connectivity index (χ1n) is 20.4. The van der Waals surface area contributed by atoms with Gasteiger partial charge in [-0.3, -0.25) is 0 Å². The lowest BCUT2D eigenvalue weighted by Gasteiger charge is -2.27. The van der Waals surface area contributed by atoms with E-state index in [1.807, 2.05) is 0 Å². The fraction of sp³-hybridized carbons (Fsp3) is 0.0526. The first-order valence-corrected chi connectivity index (χ1v) is 20.4. The lowest BCUT2D eigenvalue weighted by molar-refractivity contribution is 0.663. The number of nitrogens with zero attached hydrogens (tertiary/aromatic N) is 2. The van der Waals surface area contributed by atoms with Gasteiger partial charge < -0.3 is 9.47 Å². The molecule has 10 aromatic carbocycles. The maximum atomic E-state index is 3.66. The highest BCUT2D eigenvalue weighted by Crippen LogP contribution is 2.53. The van der Waals surface area contributed by atoms with Gasteiger partial charge in [-0.1, -0.05) is 153 Å². The summed E-state index contributed by atoms with van der Waals surface area (Å²) >= 11 is 0. The molecule has 0 amide bonds. The summed E-state index contributed by atoms with van der Waals surface area (Å²) in [6.45, 7) is 4.76. The second-order valence-electron chi connectivity index (χ2n) is 16.3.